The van der Waals surface area contributed by atoms with Gasteiger partial charge in [0, 0.05) is 11.6 Å². The van der Waals surface area contributed by atoms with Crippen molar-refractivity contribution in [3.05, 3.63) is 30.0 Å². The van der Waals surface area contributed by atoms with Gasteiger partial charge in [-0.2, -0.15) is 0 Å². The minimum atomic E-state index is -0.460. The summed E-state index contributed by atoms with van der Waals surface area (Å²) in [6.07, 6.45) is 1.62. The molecule has 0 aliphatic carbocycles. The average molecular weight is 217 g/mol. The molecular weight excluding hydrogens is 206 g/mol. The molecule has 5 nitrogen and oxygen atoms in total. The van der Waals surface area contributed by atoms with Crippen molar-refractivity contribution in [3.63, 3.8) is 0 Å². The third kappa shape index (κ3) is 1.79. The number of ether oxygens (including phenoxy) is 1. The van der Waals surface area contributed by atoms with Crippen molar-refractivity contribution < 1.29 is 9.53 Å². The Morgan fingerprint density at radius 3 is 3.12 bits per heavy atom. The van der Waals surface area contributed by atoms with Gasteiger partial charge in [-0.1, -0.05) is 0 Å². The lowest BCUT2D eigenvalue weighted by molar-refractivity contribution is 0.0527. The van der Waals surface area contributed by atoms with E-state index in [1.165, 1.54) is 0 Å². The highest BCUT2D eigenvalue weighted by Gasteiger charge is 2.13. The van der Waals surface area contributed by atoms with Crippen molar-refractivity contribution in [2.45, 2.75) is 6.92 Å². The van der Waals surface area contributed by atoms with Crippen molar-refractivity contribution in [2.75, 3.05) is 12.3 Å². The Balaban J connectivity index is 2.54. The average Bonchev–Trinajstić information content (AvgIpc) is 2.28. The SMILES string of the molecule is CCOC(=O)c1cc2cccnc2nc1N. The van der Waals surface area contributed by atoms with Gasteiger partial charge in [0.1, 0.15) is 11.4 Å². The number of nitrogens with zero attached hydrogens (tertiary/aromatic N) is 2. The first-order valence-corrected chi connectivity index (χ1v) is 4.90. The summed E-state index contributed by atoms with van der Waals surface area (Å²) in [5.74, 6) is -0.317. The fourth-order valence-electron chi connectivity index (χ4n) is 1.39. The molecule has 2 aromatic rings. The van der Waals surface area contributed by atoms with E-state index in [0.29, 0.717) is 12.3 Å². The van der Waals surface area contributed by atoms with E-state index in [1.54, 1.807) is 25.3 Å². The zero-order chi connectivity index (χ0) is 11.5. The summed E-state index contributed by atoms with van der Waals surface area (Å²) in [6.45, 7) is 2.05. The number of hydrogen-bond acceptors (Lipinski definition) is 5. The van der Waals surface area contributed by atoms with Crippen LogP contribution >= 0.6 is 0 Å². The third-order valence-corrected chi connectivity index (χ3v) is 2.11. The molecule has 2 N–H and O–H groups in total. The number of aromatic nitrogens is 2. The highest BCUT2D eigenvalue weighted by atomic mass is 16.5. The largest absolute Gasteiger partial charge is 0.462 e. The molecule has 0 unspecified atom stereocenters. The van der Waals surface area contributed by atoms with Gasteiger partial charge in [0.25, 0.3) is 0 Å². The summed E-state index contributed by atoms with van der Waals surface area (Å²) in [5.41, 5.74) is 6.47. The van der Waals surface area contributed by atoms with Crippen LogP contribution in [0.25, 0.3) is 11.0 Å². The molecule has 5 heteroatoms. The number of esters is 1. The summed E-state index contributed by atoms with van der Waals surface area (Å²) in [5, 5.41) is 0.764. The predicted octanol–water partition coefficient (Wildman–Crippen LogP) is 1.39. The molecule has 0 radical (unpaired) electrons. The molecule has 2 aromatic heterocycles. The Kier molecular flexibility index (Phi) is 2.68. The molecular formula is C11H11N3O2. The lowest BCUT2D eigenvalue weighted by Crippen LogP contribution is -2.09. The van der Waals surface area contributed by atoms with Crippen molar-refractivity contribution in [3.8, 4) is 0 Å². The van der Waals surface area contributed by atoms with Crippen molar-refractivity contribution in [2.24, 2.45) is 0 Å². The van der Waals surface area contributed by atoms with Gasteiger partial charge in [0.2, 0.25) is 0 Å². The molecule has 0 spiro atoms. The molecule has 0 bridgehead atoms. The van der Waals surface area contributed by atoms with E-state index in [1.807, 2.05) is 6.07 Å². The quantitative estimate of drug-likeness (QED) is 0.769. The maximum atomic E-state index is 11.5. The smallest absolute Gasteiger partial charge is 0.341 e. The molecule has 0 saturated carbocycles. The van der Waals surface area contributed by atoms with E-state index in [0.717, 1.165) is 5.39 Å². The number of fused-ring (bicyclic) bond motifs is 1. The second-order valence-electron chi connectivity index (χ2n) is 3.19. The van der Waals surface area contributed by atoms with E-state index in [2.05, 4.69) is 9.97 Å². The van der Waals surface area contributed by atoms with Gasteiger partial charge in [-0.25, -0.2) is 14.8 Å². The van der Waals surface area contributed by atoms with Crippen LogP contribution in [0.5, 0.6) is 0 Å². The molecule has 0 saturated heterocycles. The Labute approximate surface area is 92.3 Å². The Hall–Kier alpha value is -2.17. The number of carbonyl (C=O) groups excluding carboxylic acids is 1. The summed E-state index contributed by atoms with van der Waals surface area (Å²) >= 11 is 0. The fraction of sp³-hybridized carbons (Fsp3) is 0.182. The number of pyridine rings is 2. The van der Waals surface area contributed by atoms with Gasteiger partial charge >= 0.3 is 5.97 Å². The molecule has 0 amide bonds. The maximum absolute atomic E-state index is 11.5. The predicted molar refractivity (Wildman–Crippen MR) is 59.9 cm³/mol. The highest BCUT2D eigenvalue weighted by Crippen LogP contribution is 2.17. The molecule has 0 aromatic carbocycles. The summed E-state index contributed by atoms with van der Waals surface area (Å²) in [6, 6.07) is 5.23. The van der Waals surface area contributed by atoms with Gasteiger partial charge in [-0.05, 0) is 25.1 Å². The Morgan fingerprint density at radius 2 is 2.38 bits per heavy atom. The van der Waals surface area contributed by atoms with Crippen molar-refractivity contribution >= 4 is 22.8 Å². The maximum Gasteiger partial charge on any atom is 0.341 e. The Bertz CT molecular complexity index is 540. The first-order chi connectivity index (χ1) is 7.72. The minimum Gasteiger partial charge on any atom is -0.462 e. The molecule has 0 aliphatic rings. The summed E-state index contributed by atoms with van der Waals surface area (Å²) in [7, 11) is 0. The van der Waals surface area contributed by atoms with Crippen LogP contribution in [-0.4, -0.2) is 22.5 Å². The van der Waals surface area contributed by atoms with Crippen LogP contribution in [-0.2, 0) is 4.74 Å². The number of rotatable bonds is 2. The van der Waals surface area contributed by atoms with Crippen LogP contribution < -0.4 is 5.73 Å². The second-order valence-corrected chi connectivity index (χ2v) is 3.19. The van der Waals surface area contributed by atoms with Crippen LogP contribution in [0.3, 0.4) is 0 Å². The standard InChI is InChI=1S/C11H11N3O2/c1-2-16-11(15)8-6-7-4-3-5-13-10(7)14-9(8)12/h3-6H,2H2,1H3,(H2,12,13,14). The minimum absolute atomic E-state index is 0.143. The topological polar surface area (TPSA) is 78.1 Å². The third-order valence-electron chi connectivity index (χ3n) is 2.11. The molecule has 82 valence electrons. The normalized spacial score (nSPS) is 10.3. The van der Waals surface area contributed by atoms with Gasteiger partial charge < -0.3 is 10.5 Å². The lowest BCUT2D eigenvalue weighted by Gasteiger charge is -2.05. The van der Waals surface area contributed by atoms with Gasteiger partial charge in [0.15, 0.2) is 5.65 Å². The van der Waals surface area contributed by atoms with Crippen LogP contribution in [0, 0.1) is 0 Å². The number of anilines is 1. The van der Waals surface area contributed by atoms with Crippen LogP contribution in [0.4, 0.5) is 5.82 Å². The van der Waals surface area contributed by atoms with Gasteiger partial charge in [-0.15, -0.1) is 0 Å². The first-order valence-electron chi connectivity index (χ1n) is 4.90. The van der Waals surface area contributed by atoms with Crippen LogP contribution in [0.1, 0.15) is 17.3 Å². The van der Waals surface area contributed by atoms with Crippen molar-refractivity contribution in [1.82, 2.24) is 9.97 Å². The zero-order valence-corrected chi connectivity index (χ0v) is 8.80. The summed E-state index contributed by atoms with van der Waals surface area (Å²) in [4.78, 5) is 19.6. The van der Waals surface area contributed by atoms with Crippen molar-refractivity contribution in [1.29, 1.82) is 0 Å². The van der Waals surface area contributed by atoms with E-state index in [9.17, 15) is 4.79 Å². The molecule has 2 heterocycles. The van der Waals surface area contributed by atoms with Crippen LogP contribution in [0.15, 0.2) is 24.4 Å². The van der Waals surface area contributed by atoms with Gasteiger partial charge in [0.05, 0.1) is 6.61 Å². The number of nitrogens with two attached hydrogens (primary N) is 1. The molecule has 0 aliphatic heterocycles. The lowest BCUT2D eigenvalue weighted by atomic mass is 10.2. The molecule has 16 heavy (non-hydrogen) atoms. The van der Waals surface area contributed by atoms with Gasteiger partial charge in [-0.3, -0.25) is 0 Å². The summed E-state index contributed by atoms with van der Waals surface area (Å²) < 4.78 is 4.88. The molecule has 0 atom stereocenters. The van der Waals surface area contributed by atoms with E-state index in [-0.39, 0.29) is 11.4 Å². The van der Waals surface area contributed by atoms with E-state index in [4.69, 9.17) is 10.5 Å². The fourth-order valence-corrected chi connectivity index (χ4v) is 1.39. The number of nitrogen functional groups attached to an aromatic ring is 1. The monoisotopic (exact) mass is 217 g/mol. The van der Waals surface area contributed by atoms with E-state index >= 15 is 0 Å². The molecule has 2 rings (SSSR count). The first kappa shape index (κ1) is 10.4. The highest BCUT2D eigenvalue weighted by molar-refractivity contribution is 5.97. The number of carbonyl (C=O) groups is 1. The Morgan fingerprint density at radius 1 is 1.56 bits per heavy atom. The zero-order valence-electron chi connectivity index (χ0n) is 8.80. The van der Waals surface area contributed by atoms with E-state index < -0.39 is 5.97 Å². The number of hydrogen-bond donors (Lipinski definition) is 1. The van der Waals surface area contributed by atoms with Crippen LogP contribution in [0.2, 0.25) is 0 Å². The second kappa shape index (κ2) is 4.14. The molecule has 0 fully saturated rings.